The molecular formula is C24H27ClN2O2. The molecule has 1 N–H and O–H groups in total. The maximum absolute atomic E-state index is 12.9. The number of nitrogens with one attached hydrogen (secondary N) is 1. The Morgan fingerprint density at radius 2 is 1.93 bits per heavy atom. The fraction of sp³-hybridized carbons (Fsp3) is 0.417. The van der Waals surface area contributed by atoms with Crippen LogP contribution in [-0.4, -0.2) is 17.0 Å². The van der Waals surface area contributed by atoms with Crippen LogP contribution in [0.2, 0.25) is 5.02 Å². The SMILES string of the molecule is O=C(Cn1c2c(c(-c3ccccc3Cl)cc1=O)CCC2)NCCC1=CCCCC1. The Morgan fingerprint density at radius 1 is 1.07 bits per heavy atom. The van der Waals surface area contributed by atoms with Gasteiger partial charge in [0, 0.05) is 28.9 Å². The molecule has 1 aromatic heterocycles. The van der Waals surface area contributed by atoms with E-state index < -0.39 is 0 Å². The van der Waals surface area contributed by atoms with Gasteiger partial charge in [-0.2, -0.15) is 0 Å². The van der Waals surface area contributed by atoms with Crippen molar-refractivity contribution >= 4 is 17.5 Å². The van der Waals surface area contributed by atoms with Crippen LogP contribution in [0.5, 0.6) is 0 Å². The van der Waals surface area contributed by atoms with Crippen molar-refractivity contribution in [3.63, 3.8) is 0 Å². The minimum atomic E-state index is -0.134. The van der Waals surface area contributed by atoms with Crippen molar-refractivity contribution in [2.45, 2.75) is 57.9 Å². The lowest BCUT2D eigenvalue weighted by Crippen LogP contribution is -2.34. The number of halogens is 1. The molecule has 1 amide bonds. The molecule has 152 valence electrons. The Balaban J connectivity index is 1.50. The van der Waals surface area contributed by atoms with Gasteiger partial charge in [0.15, 0.2) is 0 Å². The molecule has 0 saturated carbocycles. The predicted octanol–water partition coefficient (Wildman–Crippen LogP) is 4.66. The van der Waals surface area contributed by atoms with E-state index in [0.717, 1.165) is 60.9 Å². The zero-order valence-corrected chi connectivity index (χ0v) is 17.4. The maximum atomic E-state index is 12.9. The first-order valence-corrected chi connectivity index (χ1v) is 11.0. The fourth-order valence-corrected chi connectivity index (χ4v) is 4.76. The lowest BCUT2D eigenvalue weighted by atomic mass is 9.97. The number of fused-ring (bicyclic) bond motifs is 1. The average Bonchev–Trinajstić information content (AvgIpc) is 3.21. The van der Waals surface area contributed by atoms with Gasteiger partial charge in [0.1, 0.15) is 6.54 Å². The first-order valence-electron chi connectivity index (χ1n) is 10.6. The average molecular weight is 411 g/mol. The van der Waals surface area contributed by atoms with Crippen molar-refractivity contribution in [2.75, 3.05) is 6.54 Å². The third-order valence-electron chi connectivity index (χ3n) is 5.99. The molecule has 2 aromatic rings. The Bertz CT molecular complexity index is 1010. The third kappa shape index (κ3) is 4.48. The zero-order valence-electron chi connectivity index (χ0n) is 16.7. The van der Waals surface area contributed by atoms with Gasteiger partial charge in [-0.05, 0) is 68.6 Å². The summed E-state index contributed by atoms with van der Waals surface area (Å²) in [6.07, 6.45) is 10.8. The Morgan fingerprint density at radius 3 is 2.72 bits per heavy atom. The highest BCUT2D eigenvalue weighted by Gasteiger charge is 2.23. The highest BCUT2D eigenvalue weighted by molar-refractivity contribution is 6.33. The van der Waals surface area contributed by atoms with E-state index in [2.05, 4.69) is 11.4 Å². The van der Waals surface area contributed by atoms with Gasteiger partial charge in [0.25, 0.3) is 5.56 Å². The van der Waals surface area contributed by atoms with Gasteiger partial charge in [-0.25, -0.2) is 0 Å². The Hall–Kier alpha value is -2.33. The molecule has 1 heterocycles. The van der Waals surface area contributed by atoms with Crippen LogP contribution in [-0.2, 0) is 24.2 Å². The number of allylic oxidation sites excluding steroid dienone is 1. The molecule has 2 aliphatic carbocycles. The molecule has 2 aliphatic rings. The van der Waals surface area contributed by atoms with E-state index in [0.29, 0.717) is 11.6 Å². The number of pyridine rings is 1. The molecule has 1 aromatic carbocycles. The number of rotatable bonds is 6. The van der Waals surface area contributed by atoms with Crippen LogP contribution >= 0.6 is 11.6 Å². The lowest BCUT2D eigenvalue weighted by Gasteiger charge is -2.17. The van der Waals surface area contributed by atoms with E-state index in [4.69, 9.17) is 11.6 Å². The Kier molecular flexibility index (Phi) is 6.19. The van der Waals surface area contributed by atoms with Gasteiger partial charge in [-0.1, -0.05) is 41.4 Å². The van der Waals surface area contributed by atoms with Crippen LogP contribution in [0.4, 0.5) is 0 Å². The molecule has 0 saturated heterocycles. The number of hydrogen-bond acceptors (Lipinski definition) is 2. The van der Waals surface area contributed by atoms with E-state index >= 15 is 0 Å². The normalized spacial score (nSPS) is 15.7. The first kappa shape index (κ1) is 20.0. The minimum Gasteiger partial charge on any atom is -0.354 e. The molecule has 0 unspecified atom stereocenters. The van der Waals surface area contributed by atoms with Crippen molar-refractivity contribution < 1.29 is 4.79 Å². The van der Waals surface area contributed by atoms with Gasteiger partial charge < -0.3 is 9.88 Å². The molecule has 4 nitrogen and oxygen atoms in total. The standard InChI is InChI=1S/C24H27ClN2O2/c25-21-11-5-4-9-18(21)20-15-24(29)27(22-12-6-10-19(20)22)16-23(28)26-14-13-17-7-2-1-3-8-17/h4-5,7,9,11,15H,1-3,6,8,10,12-14,16H2,(H,26,28). The number of nitrogens with zero attached hydrogens (tertiary/aromatic N) is 1. The second kappa shape index (κ2) is 9.00. The van der Waals surface area contributed by atoms with Crippen molar-refractivity contribution in [1.82, 2.24) is 9.88 Å². The van der Waals surface area contributed by atoms with Gasteiger partial charge in [0.2, 0.25) is 5.91 Å². The second-order valence-corrected chi connectivity index (χ2v) is 8.36. The molecule has 0 atom stereocenters. The summed E-state index contributed by atoms with van der Waals surface area (Å²) in [5.41, 5.74) is 5.25. The highest BCUT2D eigenvalue weighted by atomic mass is 35.5. The molecular weight excluding hydrogens is 384 g/mol. The third-order valence-corrected chi connectivity index (χ3v) is 6.32. The molecule has 29 heavy (non-hydrogen) atoms. The first-order chi connectivity index (χ1) is 14.1. The van der Waals surface area contributed by atoms with Crippen LogP contribution in [0.3, 0.4) is 0 Å². The van der Waals surface area contributed by atoms with Gasteiger partial charge in [0.05, 0.1) is 0 Å². The van der Waals surface area contributed by atoms with Gasteiger partial charge in [-0.3, -0.25) is 9.59 Å². The quantitative estimate of drug-likeness (QED) is 0.704. The zero-order chi connectivity index (χ0) is 20.2. The number of carbonyl (C=O) groups excluding carboxylic acids is 1. The van der Waals surface area contributed by atoms with Crippen LogP contribution in [0, 0.1) is 0 Å². The number of aromatic nitrogens is 1. The summed E-state index contributed by atoms with van der Waals surface area (Å²) in [5, 5.41) is 3.64. The van der Waals surface area contributed by atoms with E-state index in [1.165, 1.54) is 18.4 Å². The van der Waals surface area contributed by atoms with Crippen molar-refractivity contribution in [2.24, 2.45) is 0 Å². The number of hydrogen-bond donors (Lipinski definition) is 1. The summed E-state index contributed by atoms with van der Waals surface area (Å²) in [7, 11) is 0. The smallest absolute Gasteiger partial charge is 0.251 e. The van der Waals surface area contributed by atoms with Crippen LogP contribution < -0.4 is 10.9 Å². The van der Waals surface area contributed by atoms with Gasteiger partial charge in [-0.15, -0.1) is 0 Å². The van der Waals surface area contributed by atoms with E-state index in [1.54, 1.807) is 10.6 Å². The largest absolute Gasteiger partial charge is 0.354 e. The van der Waals surface area contributed by atoms with Gasteiger partial charge >= 0.3 is 0 Å². The number of benzene rings is 1. The summed E-state index contributed by atoms with van der Waals surface area (Å²) < 4.78 is 1.65. The summed E-state index contributed by atoms with van der Waals surface area (Å²) >= 11 is 6.38. The lowest BCUT2D eigenvalue weighted by molar-refractivity contribution is -0.121. The topological polar surface area (TPSA) is 51.1 Å². The maximum Gasteiger partial charge on any atom is 0.251 e. The number of carbonyl (C=O) groups is 1. The van der Waals surface area contributed by atoms with Crippen LogP contribution in [0.25, 0.3) is 11.1 Å². The Labute approximate surface area is 176 Å². The predicted molar refractivity (Wildman–Crippen MR) is 117 cm³/mol. The van der Waals surface area contributed by atoms with Crippen molar-refractivity contribution in [3.05, 3.63) is 68.6 Å². The molecule has 0 bridgehead atoms. The summed E-state index contributed by atoms with van der Waals surface area (Å²) in [6, 6.07) is 9.27. The molecule has 0 radical (unpaired) electrons. The summed E-state index contributed by atoms with van der Waals surface area (Å²) in [6.45, 7) is 0.725. The molecule has 0 fully saturated rings. The van der Waals surface area contributed by atoms with Crippen LogP contribution in [0.15, 0.2) is 46.8 Å². The van der Waals surface area contributed by atoms with E-state index in [9.17, 15) is 9.59 Å². The molecule has 5 heteroatoms. The van der Waals surface area contributed by atoms with Crippen LogP contribution in [0.1, 0.15) is 49.8 Å². The monoisotopic (exact) mass is 410 g/mol. The molecule has 0 aliphatic heterocycles. The van der Waals surface area contributed by atoms with Crippen molar-refractivity contribution in [1.29, 1.82) is 0 Å². The van der Waals surface area contributed by atoms with E-state index in [1.807, 2.05) is 24.3 Å². The molecule has 4 rings (SSSR count). The van der Waals surface area contributed by atoms with E-state index in [-0.39, 0.29) is 18.0 Å². The molecule has 0 spiro atoms. The fourth-order valence-electron chi connectivity index (χ4n) is 4.52. The van der Waals surface area contributed by atoms with Crippen molar-refractivity contribution in [3.8, 4) is 11.1 Å². The summed E-state index contributed by atoms with van der Waals surface area (Å²) in [5.74, 6) is -0.0943. The summed E-state index contributed by atoms with van der Waals surface area (Å²) in [4.78, 5) is 25.4. The number of amides is 1. The second-order valence-electron chi connectivity index (χ2n) is 7.95. The highest BCUT2D eigenvalue weighted by Crippen LogP contribution is 2.34. The minimum absolute atomic E-state index is 0.0863.